The number of para-hydroxylation sites is 1. The van der Waals surface area contributed by atoms with Crippen LogP contribution in [0.3, 0.4) is 0 Å². The number of carbonyl (C=O) groups excluding carboxylic acids is 1. The zero-order chi connectivity index (χ0) is 22.3. The van der Waals surface area contributed by atoms with Crippen molar-refractivity contribution < 1.29 is 9.00 Å². The van der Waals surface area contributed by atoms with Crippen molar-refractivity contribution in [1.82, 2.24) is 4.90 Å². The van der Waals surface area contributed by atoms with Crippen molar-refractivity contribution in [2.24, 2.45) is 5.14 Å². The van der Waals surface area contributed by atoms with Crippen LogP contribution in [0.2, 0.25) is 0 Å². The summed E-state index contributed by atoms with van der Waals surface area (Å²) in [7, 11) is -3.01. The van der Waals surface area contributed by atoms with Gasteiger partial charge in [0.1, 0.15) is 8.68 Å². The fraction of sp³-hybridized carbons (Fsp3) is 0.458. The lowest BCUT2D eigenvalue weighted by Crippen LogP contribution is -2.46. The highest BCUT2D eigenvalue weighted by atomic mass is 32.8. The number of hydrogen-bond donors (Lipinski definition) is 1. The number of nitrogens with two attached hydrogens (primary N) is 1. The Morgan fingerprint density at radius 2 is 1.77 bits per heavy atom. The summed E-state index contributed by atoms with van der Waals surface area (Å²) in [5, 5.41) is 5.73. The molecule has 0 spiro atoms. The average Bonchev–Trinajstić information content (AvgIpc) is 2.77. The molecular weight excluding hydrogens is 426 g/mol. The predicted octanol–water partition coefficient (Wildman–Crippen LogP) is 3.79. The number of hydrogen-bond acceptors (Lipinski definition) is 5. The minimum Gasteiger partial charge on any atom is -0.369 e. The summed E-state index contributed by atoms with van der Waals surface area (Å²) in [6.45, 7) is 7.24. The maximum atomic E-state index is 12.7. The van der Waals surface area contributed by atoms with E-state index in [1.54, 1.807) is 6.07 Å². The van der Waals surface area contributed by atoms with E-state index in [9.17, 15) is 9.00 Å². The molecular formula is C24H33N3O2S2. The monoisotopic (exact) mass is 459 g/mol. The first-order valence-electron chi connectivity index (χ1n) is 11.1. The topological polar surface area (TPSA) is 66.6 Å². The van der Waals surface area contributed by atoms with Gasteiger partial charge in [0, 0.05) is 55.0 Å². The molecule has 5 nitrogen and oxygen atoms in total. The summed E-state index contributed by atoms with van der Waals surface area (Å²) in [4.78, 5) is 18.0. The smallest absolute Gasteiger partial charge is 0.162 e. The second-order valence-electron chi connectivity index (χ2n) is 8.16. The van der Waals surface area contributed by atoms with Gasteiger partial charge >= 0.3 is 0 Å². The van der Waals surface area contributed by atoms with Crippen LogP contribution in [0.1, 0.15) is 48.5 Å². The van der Waals surface area contributed by atoms with Gasteiger partial charge in [-0.3, -0.25) is 9.69 Å². The van der Waals surface area contributed by atoms with Gasteiger partial charge in [-0.1, -0.05) is 43.7 Å². The fourth-order valence-electron chi connectivity index (χ4n) is 4.10. The number of carbonyl (C=O) groups is 1. The third-order valence-corrected chi connectivity index (χ3v) is 7.37. The van der Waals surface area contributed by atoms with E-state index in [0.717, 1.165) is 64.0 Å². The van der Waals surface area contributed by atoms with E-state index in [0.29, 0.717) is 16.9 Å². The minimum atomic E-state index is -3.01. The molecule has 1 aliphatic rings. The normalized spacial score (nSPS) is 16.8. The first-order chi connectivity index (χ1) is 14.9. The number of rotatable bonds is 10. The molecule has 2 N–H and O–H groups in total. The molecule has 0 amide bonds. The van der Waals surface area contributed by atoms with Crippen LogP contribution in [0.25, 0.3) is 0 Å². The Bertz CT molecular complexity index is 970. The molecule has 1 unspecified atom stereocenters. The van der Waals surface area contributed by atoms with Crippen molar-refractivity contribution in [2.75, 3.05) is 37.6 Å². The maximum Gasteiger partial charge on any atom is 0.162 e. The summed E-state index contributed by atoms with van der Waals surface area (Å²) in [5.41, 5.74) is 2.74. The Morgan fingerprint density at radius 3 is 2.42 bits per heavy atom. The molecule has 1 atom stereocenters. The third kappa shape index (κ3) is 6.84. The van der Waals surface area contributed by atoms with Crippen molar-refractivity contribution >= 4 is 31.3 Å². The number of ketones is 1. The van der Waals surface area contributed by atoms with E-state index in [4.69, 9.17) is 16.3 Å². The molecule has 1 heterocycles. The molecule has 0 radical (unpaired) electrons. The molecule has 0 aliphatic carbocycles. The van der Waals surface area contributed by atoms with Gasteiger partial charge in [0.15, 0.2) is 5.78 Å². The molecule has 7 heteroatoms. The van der Waals surface area contributed by atoms with Crippen molar-refractivity contribution in [3.63, 3.8) is 0 Å². The Morgan fingerprint density at radius 1 is 1.06 bits per heavy atom. The molecule has 31 heavy (non-hydrogen) atoms. The highest BCUT2D eigenvalue weighted by Crippen LogP contribution is 2.20. The van der Waals surface area contributed by atoms with Crippen LogP contribution in [-0.4, -0.2) is 47.6 Å². The van der Waals surface area contributed by atoms with Gasteiger partial charge in [0.05, 0.1) is 4.90 Å². The Labute approximate surface area is 191 Å². The van der Waals surface area contributed by atoms with E-state index in [1.807, 2.05) is 25.1 Å². The van der Waals surface area contributed by atoms with Gasteiger partial charge in [-0.25, -0.2) is 9.35 Å². The second kappa shape index (κ2) is 11.2. The summed E-state index contributed by atoms with van der Waals surface area (Å²) in [5.74, 6) is 0.0665. The molecule has 2 aromatic carbocycles. The molecule has 1 saturated heterocycles. The highest BCUT2D eigenvalue weighted by Gasteiger charge is 2.17. The summed E-state index contributed by atoms with van der Waals surface area (Å²) in [6.07, 6.45) is 3.98. The molecule has 168 valence electrons. The van der Waals surface area contributed by atoms with Gasteiger partial charge in [-0.2, -0.15) is 0 Å². The zero-order valence-corrected chi connectivity index (χ0v) is 19.9. The molecule has 0 saturated carbocycles. The van der Waals surface area contributed by atoms with Crippen LogP contribution < -0.4 is 10.0 Å². The van der Waals surface area contributed by atoms with Crippen molar-refractivity contribution in [2.45, 2.75) is 43.9 Å². The van der Waals surface area contributed by atoms with Crippen LogP contribution in [0, 0.1) is 0 Å². The standard InChI is InChI=1S/C24H33N3O2S2/c1-2-8-20-12-13-21(19-24(20)31(25,29)30)23(28)11-6-7-14-26-15-17-27(18-16-26)22-9-4-3-5-10-22/h3-5,9-10,12-13,19H,2,6-8,11,14-18H2,1H3,(H2,25,29,30). The van der Waals surface area contributed by atoms with E-state index < -0.39 is 8.68 Å². The first-order valence-corrected chi connectivity index (χ1v) is 13.6. The van der Waals surface area contributed by atoms with Gasteiger partial charge < -0.3 is 4.90 Å². The largest absolute Gasteiger partial charge is 0.369 e. The molecule has 0 aromatic heterocycles. The maximum absolute atomic E-state index is 12.7. The number of unbranched alkanes of at least 4 members (excludes halogenated alkanes) is 1. The average molecular weight is 460 g/mol. The molecule has 0 bridgehead atoms. The van der Waals surface area contributed by atoms with Gasteiger partial charge in [0.2, 0.25) is 0 Å². The number of benzene rings is 2. The van der Waals surface area contributed by atoms with Gasteiger partial charge in [-0.05, 0) is 49.6 Å². The summed E-state index contributed by atoms with van der Waals surface area (Å²) >= 11 is 5.00. The summed E-state index contributed by atoms with van der Waals surface area (Å²) in [6, 6.07) is 15.9. The van der Waals surface area contributed by atoms with E-state index in [-0.39, 0.29) is 5.78 Å². The number of piperazine rings is 1. The van der Waals surface area contributed by atoms with Crippen LogP contribution in [0.4, 0.5) is 5.69 Å². The van der Waals surface area contributed by atoms with E-state index in [2.05, 4.69) is 34.1 Å². The molecule has 3 rings (SSSR count). The Kier molecular flexibility index (Phi) is 8.60. The SMILES string of the molecule is CCCc1ccc(C(=O)CCCCN2CCN(c3ccccc3)CC2)cc1S(N)(=O)=S. The Balaban J connectivity index is 1.44. The van der Waals surface area contributed by atoms with E-state index >= 15 is 0 Å². The van der Waals surface area contributed by atoms with Crippen LogP contribution >= 0.6 is 0 Å². The number of aryl methyl sites for hydroxylation is 1. The second-order valence-corrected chi connectivity index (χ2v) is 11.2. The van der Waals surface area contributed by atoms with Crippen molar-refractivity contribution in [3.8, 4) is 0 Å². The number of anilines is 1. The van der Waals surface area contributed by atoms with Crippen LogP contribution in [0.5, 0.6) is 0 Å². The predicted molar refractivity (Wildman–Crippen MR) is 132 cm³/mol. The van der Waals surface area contributed by atoms with Crippen LogP contribution in [0.15, 0.2) is 53.4 Å². The zero-order valence-electron chi connectivity index (χ0n) is 18.3. The highest BCUT2D eigenvalue weighted by molar-refractivity contribution is 8.31. The third-order valence-electron chi connectivity index (χ3n) is 5.84. The number of Topliss-reactive ketones (excluding diaryl/α,β-unsaturated/α-hetero) is 1. The van der Waals surface area contributed by atoms with Crippen molar-refractivity contribution in [3.05, 3.63) is 59.7 Å². The fourth-order valence-corrected chi connectivity index (χ4v) is 5.39. The number of nitrogens with zero attached hydrogens (tertiary/aromatic N) is 2. The lowest BCUT2D eigenvalue weighted by atomic mass is 10.0. The Hall–Kier alpha value is -1.80. The molecule has 2 aromatic rings. The van der Waals surface area contributed by atoms with Crippen LogP contribution in [-0.2, 0) is 26.3 Å². The van der Waals surface area contributed by atoms with Crippen molar-refractivity contribution in [1.29, 1.82) is 0 Å². The van der Waals surface area contributed by atoms with Gasteiger partial charge in [0.25, 0.3) is 0 Å². The lowest BCUT2D eigenvalue weighted by molar-refractivity contribution is 0.0977. The van der Waals surface area contributed by atoms with Gasteiger partial charge in [-0.15, -0.1) is 0 Å². The molecule has 1 fully saturated rings. The quantitative estimate of drug-likeness (QED) is 0.432. The minimum absolute atomic E-state index is 0.0665. The first kappa shape index (κ1) is 23.9. The molecule has 1 aliphatic heterocycles. The summed E-state index contributed by atoms with van der Waals surface area (Å²) < 4.78 is 12.3. The van der Waals surface area contributed by atoms with E-state index in [1.165, 1.54) is 5.69 Å². The lowest BCUT2D eigenvalue weighted by Gasteiger charge is -2.36.